The molecule has 2 heterocycles. The van der Waals surface area contributed by atoms with E-state index in [-0.39, 0.29) is 17.1 Å². The molecule has 4 rings (SSSR count). The molecule has 0 aliphatic carbocycles. The van der Waals surface area contributed by atoms with E-state index < -0.39 is 35.0 Å². The number of hydrogen-bond donors (Lipinski definition) is 2. The largest absolute Gasteiger partial charge is 0.491 e. The van der Waals surface area contributed by atoms with E-state index in [2.05, 4.69) is 4.98 Å². The van der Waals surface area contributed by atoms with Crippen molar-refractivity contribution < 1.29 is 33.0 Å². The van der Waals surface area contributed by atoms with Gasteiger partial charge < -0.3 is 24.5 Å². The molecule has 1 aromatic heterocycles. The van der Waals surface area contributed by atoms with Crippen LogP contribution in [0, 0.1) is 17.6 Å². The summed E-state index contributed by atoms with van der Waals surface area (Å²) in [6.07, 6.45) is 1.30. The maximum atomic E-state index is 14.0. The Morgan fingerprint density at radius 3 is 2.46 bits per heavy atom. The van der Waals surface area contributed by atoms with Gasteiger partial charge in [0.1, 0.15) is 12.4 Å². The maximum Gasteiger partial charge on any atom is 0.339 e. The van der Waals surface area contributed by atoms with Gasteiger partial charge in [-0.05, 0) is 41.8 Å². The van der Waals surface area contributed by atoms with Gasteiger partial charge in [0.25, 0.3) is 5.91 Å². The van der Waals surface area contributed by atoms with Crippen molar-refractivity contribution in [1.29, 1.82) is 0 Å². The second-order valence-corrected chi connectivity index (χ2v) is 10.0. The summed E-state index contributed by atoms with van der Waals surface area (Å²) < 4.78 is 38.3. The fraction of sp³-hybridized carbons (Fsp3) is 0.357. The summed E-state index contributed by atoms with van der Waals surface area (Å²) >= 11 is 0. The lowest BCUT2D eigenvalue weighted by molar-refractivity contribution is -0.130. The minimum absolute atomic E-state index is 0.0744. The normalized spacial score (nSPS) is 16.9. The van der Waals surface area contributed by atoms with Crippen molar-refractivity contribution in [2.24, 2.45) is 5.92 Å². The topological polar surface area (TPSA) is 91.9 Å². The predicted molar refractivity (Wildman–Crippen MR) is 135 cm³/mol. The molecule has 37 heavy (non-hydrogen) atoms. The molecule has 0 saturated carbocycles. The fourth-order valence-corrected chi connectivity index (χ4v) is 5.44. The van der Waals surface area contributed by atoms with Gasteiger partial charge >= 0.3 is 5.97 Å². The number of halogens is 2. The van der Waals surface area contributed by atoms with E-state index in [1.807, 2.05) is 45.9 Å². The number of nitrogens with one attached hydrogen (secondary N) is 1. The summed E-state index contributed by atoms with van der Waals surface area (Å²) in [5.41, 5.74) is 0.895. The molecule has 1 unspecified atom stereocenters. The number of aromatic amines is 1. The van der Waals surface area contributed by atoms with Gasteiger partial charge in [0, 0.05) is 47.3 Å². The minimum Gasteiger partial charge on any atom is -0.491 e. The first-order valence-corrected chi connectivity index (χ1v) is 12.0. The summed E-state index contributed by atoms with van der Waals surface area (Å²) in [5, 5.41) is 11.0. The van der Waals surface area contributed by atoms with Gasteiger partial charge in [-0.2, -0.15) is 0 Å². The highest BCUT2D eigenvalue weighted by atomic mass is 19.2. The zero-order valence-corrected chi connectivity index (χ0v) is 21.4. The first-order chi connectivity index (χ1) is 17.5. The summed E-state index contributed by atoms with van der Waals surface area (Å²) in [6.45, 7) is 8.58. The molecule has 1 amide bonds. The van der Waals surface area contributed by atoms with Crippen LogP contribution < -0.4 is 4.74 Å². The molecule has 3 aromatic rings. The van der Waals surface area contributed by atoms with Crippen LogP contribution in [0.4, 0.5) is 8.78 Å². The minimum atomic E-state index is -1.23. The van der Waals surface area contributed by atoms with Crippen molar-refractivity contribution in [3.05, 3.63) is 71.1 Å². The molecule has 1 aliphatic rings. The molecule has 1 aliphatic heterocycles. The lowest BCUT2D eigenvalue weighted by Gasteiger charge is -2.42. The average Bonchev–Trinajstić information content (AvgIpc) is 3.17. The van der Waals surface area contributed by atoms with Gasteiger partial charge in [-0.15, -0.1) is 0 Å². The molecular formula is C28H30F2N2O5. The highest BCUT2D eigenvalue weighted by Gasteiger charge is 2.45. The van der Waals surface area contributed by atoms with Crippen LogP contribution in [-0.4, -0.2) is 53.2 Å². The van der Waals surface area contributed by atoms with Crippen LogP contribution in [0.5, 0.6) is 5.75 Å². The number of amides is 1. The van der Waals surface area contributed by atoms with Crippen LogP contribution >= 0.6 is 0 Å². The van der Waals surface area contributed by atoms with Gasteiger partial charge in [0.15, 0.2) is 11.6 Å². The molecule has 9 heteroatoms. The second kappa shape index (κ2) is 9.97. The van der Waals surface area contributed by atoms with Crippen LogP contribution in [0.2, 0.25) is 0 Å². The molecule has 0 saturated heterocycles. The molecule has 2 aromatic carbocycles. The Morgan fingerprint density at radius 2 is 1.84 bits per heavy atom. The number of carboxylic acids is 1. The van der Waals surface area contributed by atoms with Gasteiger partial charge in [-0.25, -0.2) is 13.6 Å². The number of methoxy groups -OCH3 is 1. The number of carbonyl (C=O) groups is 2. The highest BCUT2D eigenvalue weighted by Crippen LogP contribution is 2.46. The predicted octanol–water partition coefficient (Wildman–Crippen LogP) is 5.36. The van der Waals surface area contributed by atoms with Crippen LogP contribution in [-0.2, 0) is 14.9 Å². The molecule has 0 spiro atoms. The number of aliphatic carboxylic acids is 1. The zero-order chi connectivity index (χ0) is 27.1. The van der Waals surface area contributed by atoms with E-state index in [4.69, 9.17) is 9.47 Å². The number of nitrogens with zero attached hydrogens (tertiary/aromatic N) is 1. The third kappa shape index (κ3) is 4.71. The van der Waals surface area contributed by atoms with Crippen molar-refractivity contribution in [3.63, 3.8) is 0 Å². The van der Waals surface area contributed by atoms with E-state index in [1.165, 1.54) is 17.2 Å². The number of fused-ring (bicyclic) bond motifs is 3. The standard InChI is InChI=1S/C28H30F2N2O5/c1-15(2)25-28(3,4)23-18-8-7-17(37-11-10-36-5)13-22(18)31-24(23)19(27(34)35)14-32(25)26(33)16-6-9-20(29)21(30)12-16/h6-9,12-15,25,31H,10-11H2,1-5H3,(H,34,35). The Labute approximate surface area is 213 Å². The number of benzene rings is 2. The van der Waals surface area contributed by atoms with Crippen LogP contribution in [0.3, 0.4) is 0 Å². The molecule has 196 valence electrons. The van der Waals surface area contributed by atoms with Gasteiger partial charge in [0.05, 0.1) is 17.9 Å². The van der Waals surface area contributed by atoms with Crippen LogP contribution in [0.25, 0.3) is 16.5 Å². The van der Waals surface area contributed by atoms with E-state index in [0.29, 0.717) is 30.2 Å². The van der Waals surface area contributed by atoms with Crippen molar-refractivity contribution in [2.45, 2.75) is 39.2 Å². The fourth-order valence-electron chi connectivity index (χ4n) is 5.44. The smallest absolute Gasteiger partial charge is 0.339 e. The Hall–Kier alpha value is -3.72. The first kappa shape index (κ1) is 26.3. The van der Waals surface area contributed by atoms with E-state index >= 15 is 0 Å². The molecule has 0 fully saturated rings. The molecule has 0 bridgehead atoms. The van der Waals surface area contributed by atoms with Gasteiger partial charge in [-0.3, -0.25) is 4.79 Å². The number of ether oxygens (including phenoxy) is 2. The van der Waals surface area contributed by atoms with Crippen molar-refractivity contribution in [3.8, 4) is 5.75 Å². The van der Waals surface area contributed by atoms with E-state index in [0.717, 1.165) is 23.1 Å². The lowest BCUT2D eigenvalue weighted by Crippen LogP contribution is -2.50. The number of aromatic nitrogens is 1. The molecule has 7 nitrogen and oxygen atoms in total. The van der Waals surface area contributed by atoms with Crippen LogP contribution in [0.1, 0.15) is 49.3 Å². The Bertz CT molecular complexity index is 1390. The van der Waals surface area contributed by atoms with Gasteiger partial charge in [0.2, 0.25) is 0 Å². The average molecular weight is 513 g/mol. The van der Waals surface area contributed by atoms with Crippen molar-refractivity contribution in [1.82, 2.24) is 9.88 Å². The molecule has 1 atom stereocenters. The monoisotopic (exact) mass is 512 g/mol. The number of carbonyl (C=O) groups excluding carboxylic acids is 1. The third-order valence-electron chi connectivity index (χ3n) is 6.81. The quantitative estimate of drug-likeness (QED) is 0.416. The Morgan fingerprint density at radius 1 is 1.11 bits per heavy atom. The lowest BCUT2D eigenvalue weighted by atomic mass is 9.71. The van der Waals surface area contributed by atoms with E-state index in [1.54, 1.807) is 7.11 Å². The molecule has 2 N–H and O–H groups in total. The van der Waals surface area contributed by atoms with E-state index in [9.17, 15) is 23.5 Å². The maximum absolute atomic E-state index is 14.0. The highest BCUT2D eigenvalue weighted by molar-refractivity contribution is 6.17. The number of hydrogen-bond acceptors (Lipinski definition) is 4. The number of rotatable bonds is 7. The second-order valence-electron chi connectivity index (χ2n) is 10.0. The molecule has 0 radical (unpaired) electrons. The summed E-state index contributed by atoms with van der Waals surface area (Å²) in [7, 11) is 1.59. The summed E-state index contributed by atoms with van der Waals surface area (Å²) in [5.74, 6) is -3.58. The first-order valence-electron chi connectivity index (χ1n) is 12.0. The van der Waals surface area contributed by atoms with Gasteiger partial charge in [-0.1, -0.05) is 27.7 Å². The summed E-state index contributed by atoms with van der Waals surface area (Å²) in [4.78, 5) is 30.8. The van der Waals surface area contributed by atoms with Crippen LogP contribution in [0.15, 0.2) is 42.6 Å². The molecular weight excluding hydrogens is 482 g/mol. The summed E-state index contributed by atoms with van der Waals surface area (Å²) in [6, 6.07) is 7.90. The third-order valence-corrected chi connectivity index (χ3v) is 6.81. The number of H-pyrrole nitrogens is 1. The SMILES string of the molecule is COCCOc1ccc2c3c([nH]c2c1)C(C(=O)O)=CN(C(=O)c1ccc(F)c(F)c1)C(C(C)C)C3(C)C. The Kier molecular flexibility index (Phi) is 7.10. The Balaban J connectivity index is 1.92. The number of carboxylic acid groups (broad SMARTS) is 1. The van der Waals surface area contributed by atoms with Crippen molar-refractivity contribution in [2.75, 3.05) is 20.3 Å². The zero-order valence-electron chi connectivity index (χ0n) is 21.4. The van der Waals surface area contributed by atoms with Crippen molar-refractivity contribution >= 4 is 28.4 Å².